The molecule has 2 N–H and O–H groups in total. The average Bonchev–Trinajstić information content (AvgIpc) is 2.78. The van der Waals surface area contributed by atoms with Crippen LogP contribution < -0.4 is 25.0 Å². The summed E-state index contributed by atoms with van der Waals surface area (Å²) in [5.41, 5.74) is 2.05. The fourth-order valence-corrected chi connectivity index (χ4v) is 3.39. The van der Waals surface area contributed by atoms with Gasteiger partial charge in [-0.2, -0.15) is 0 Å². The summed E-state index contributed by atoms with van der Waals surface area (Å²) in [7, 11) is 3.39. The van der Waals surface area contributed by atoms with Crippen LogP contribution >= 0.6 is 24.0 Å². The van der Waals surface area contributed by atoms with Crippen LogP contribution in [0.4, 0.5) is 11.5 Å². The van der Waals surface area contributed by atoms with E-state index in [-0.39, 0.29) is 24.0 Å². The van der Waals surface area contributed by atoms with E-state index in [1.165, 1.54) is 24.8 Å². The highest BCUT2D eigenvalue weighted by Crippen LogP contribution is 2.30. The van der Waals surface area contributed by atoms with Crippen molar-refractivity contribution in [3.63, 3.8) is 0 Å². The molecule has 164 valence electrons. The van der Waals surface area contributed by atoms with Crippen LogP contribution in [0.15, 0.2) is 41.5 Å². The Morgan fingerprint density at radius 3 is 2.63 bits per heavy atom. The highest BCUT2D eigenvalue weighted by Gasteiger charge is 2.12. The number of aromatic nitrogens is 1. The van der Waals surface area contributed by atoms with Gasteiger partial charge in [0.05, 0.1) is 13.7 Å². The molecule has 2 aromatic rings. The van der Waals surface area contributed by atoms with Crippen LogP contribution in [0, 0.1) is 0 Å². The lowest BCUT2D eigenvalue weighted by Gasteiger charge is -2.28. The van der Waals surface area contributed by atoms with Crippen molar-refractivity contribution in [2.75, 3.05) is 44.1 Å². The first-order valence-electron chi connectivity index (χ1n) is 10.2. The van der Waals surface area contributed by atoms with Crippen molar-refractivity contribution >= 4 is 41.4 Å². The van der Waals surface area contributed by atoms with Gasteiger partial charge in [0.1, 0.15) is 5.82 Å². The van der Waals surface area contributed by atoms with Crippen molar-refractivity contribution in [2.24, 2.45) is 4.99 Å². The Morgan fingerprint density at radius 1 is 1.13 bits per heavy atom. The topological polar surface area (TPSA) is 71.0 Å². The second kappa shape index (κ2) is 12.5. The van der Waals surface area contributed by atoms with Crippen LogP contribution in [0.25, 0.3) is 0 Å². The molecular formula is C22H32IN5O2. The van der Waals surface area contributed by atoms with E-state index in [0.717, 1.165) is 30.3 Å². The van der Waals surface area contributed by atoms with Gasteiger partial charge in [-0.3, -0.25) is 4.99 Å². The first kappa shape index (κ1) is 24.0. The predicted molar refractivity (Wildman–Crippen MR) is 134 cm³/mol. The Labute approximate surface area is 196 Å². The second-order valence-electron chi connectivity index (χ2n) is 6.92. The molecule has 1 aliphatic heterocycles. The van der Waals surface area contributed by atoms with E-state index >= 15 is 0 Å². The number of nitrogens with zero attached hydrogens (tertiary/aromatic N) is 3. The lowest BCUT2D eigenvalue weighted by molar-refractivity contribution is 0.311. The second-order valence-corrected chi connectivity index (χ2v) is 6.92. The molecule has 2 heterocycles. The molecule has 1 saturated heterocycles. The zero-order chi connectivity index (χ0) is 20.5. The fourth-order valence-electron chi connectivity index (χ4n) is 3.39. The molecule has 0 spiro atoms. The summed E-state index contributed by atoms with van der Waals surface area (Å²) in [5, 5.41) is 6.66. The molecule has 0 unspecified atom stereocenters. The van der Waals surface area contributed by atoms with Gasteiger partial charge in [0.25, 0.3) is 0 Å². The number of anilines is 2. The van der Waals surface area contributed by atoms with E-state index in [4.69, 9.17) is 9.47 Å². The van der Waals surface area contributed by atoms with Crippen molar-refractivity contribution < 1.29 is 9.47 Å². The number of rotatable bonds is 7. The molecule has 0 amide bonds. The summed E-state index contributed by atoms with van der Waals surface area (Å²) in [6, 6.07) is 9.94. The van der Waals surface area contributed by atoms with Crippen molar-refractivity contribution in [1.82, 2.24) is 10.3 Å². The van der Waals surface area contributed by atoms with E-state index in [1.54, 1.807) is 14.2 Å². The summed E-state index contributed by atoms with van der Waals surface area (Å²) < 4.78 is 11.0. The Balaban J connectivity index is 0.00000320. The number of guanidine groups is 1. The fraction of sp³-hybridized carbons (Fsp3) is 0.455. The van der Waals surface area contributed by atoms with Crippen LogP contribution in [-0.2, 0) is 6.54 Å². The number of benzene rings is 1. The molecule has 1 aliphatic rings. The summed E-state index contributed by atoms with van der Waals surface area (Å²) in [6.45, 7) is 5.39. The van der Waals surface area contributed by atoms with Crippen LogP contribution in [0.5, 0.6) is 11.5 Å². The third kappa shape index (κ3) is 6.65. The third-order valence-corrected chi connectivity index (χ3v) is 4.90. The summed E-state index contributed by atoms with van der Waals surface area (Å²) in [5.74, 6) is 3.16. The Kier molecular flexibility index (Phi) is 9.99. The van der Waals surface area contributed by atoms with Gasteiger partial charge in [-0.1, -0.05) is 0 Å². The van der Waals surface area contributed by atoms with Gasteiger partial charge < -0.3 is 25.0 Å². The molecule has 0 atom stereocenters. The summed E-state index contributed by atoms with van der Waals surface area (Å²) in [6.07, 6.45) is 5.68. The molecule has 0 saturated carbocycles. The number of nitrogens with one attached hydrogen (secondary N) is 2. The SMILES string of the molecule is CCOc1ccc(NC(=NC)NCc2ccnc(N3CCCCC3)c2)cc1OC.I. The van der Waals surface area contributed by atoms with Gasteiger partial charge in [0, 0.05) is 44.6 Å². The van der Waals surface area contributed by atoms with Crippen molar-refractivity contribution in [2.45, 2.75) is 32.7 Å². The van der Waals surface area contributed by atoms with E-state index in [1.807, 2.05) is 37.4 Å². The molecule has 7 nitrogen and oxygen atoms in total. The number of piperidine rings is 1. The highest BCUT2D eigenvalue weighted by atomic mass is 127. The Hall–Kier alpha value is -2.23. The molecule has 0 aliphatic carbocycles. The van der Waals surface area contributed by atoms with Gasteiger partial charge >= 0.3 is 0 Å². The summed E-state index contributed by atoms with van der Waals surface area (Å²) >= 11 is 0. The normalized spacial score (nSPS) is 14.0. The van der Waals surface area contributed by atoms with Crippen LogP contribution in [-0.4, -0.2) is 44.8 Å². The van der Waals surface area contributed by atoms with Gasteiger partial charge in [0.15, 0.2) is 17.5 Å². The van der Waals surface area contributed by atoms with Crippen LogP contribution in [0.2, 0.25) is 0 Å². The quantitative estimate of drug-likeness (QED) is 0.320. The molecule has 1 fully saturated rings. The molecule has 3 rings (SSSR count). The van der Waals surface area contributed by atoms with Gasteiger partial charge in [0.2, 0.25) is 0 Å². The first-order chi connectivity index (χ1) is 14.2. The van der Waals surface area contributed by atoms with Crippen molar-refractivity contribution in [3.05, 3.63) is 42.1 Å². The molecule has 0 radical (unpaired) electrons. The maximum atomic E-state index is 5.57. The minimum absolute atomic E-state index is 0. The number of aliphatic imine (C=N–C) groups is 1. The van der Waals surface area contributed by atoms with E-state index in [9.17, 15) is 0 Å². The minimum atomic E-state index is 0. The summed E-state index contributed by atoms with van der Waals surface area (Å²) in [4.78, 5) is 11.2. The maximum Gasteiger partial charge on any atom is 0.195 e. The number of hydrogen-bond donors (Lipinski definition) is 2. The molecule has 30 heavy (non-hydrogen) atoms. The standard InChI is InChI=1S/C22H31N5O2.HI/c1-4-29-19-9-8-18(15-20(19)28-3)26-22(23-2)25-16-17-10-11-24-21(14-17)27-12-6-5-7-13-27;/h8-11,14-15H,4-7,12-13,16H2,1-3H3,(H2,23,25,26);1H. The number of methoxy groups -OCH3 is 1. The molecular weight excluding hydrogens is 493 g/mol. The Morgan fingerprint density at radius 2 is 1.93 bits per heavy atom. The van der Waals surface area contributed by atoms with Gasteiger partial charge in [-0.25, -0.2) is 4.98 Å². The smallest absolute Gasteiger partial charge is 0.195 e. The molecule has 8 heteroatoms. The largest absolute Gasteiger partial charge is 0.493 e. The van der Waals surface area contributed by atoms with Crippen LogP contribution in [0.3, 0.4) is 0 Å². The van der Waals surface area contributed by atoms with E-state index in [2.05, 4.69) is 31.6 Å². The van der Waals surface area contributed by atoms with Gasteiger partial charge in [-0.15, -0.1) is 24.0 Å². The number of hydrogen-bond acceptors (Lipinski definition) is 5. The van der Waals surface area contributed by atoms with E-state index in [0.29, 0.717) is 24.9 Å². The van der Waals surface area contributed by atoms with Crippen molar-refractivity contribution in [3.8, 4) is 11.5 Å². The van der Waals surface area contributed by atoms with E-state index < -0.39 is 0 Å². The zero-order valence-corrected chi connectivity index (χ0v) is 20.3. The van der Waals surface area contributed by atoms with Gasteiger partial charge in [-0.05, 0) is 56.0 Å². The maximum absolute atomic E-state index is 5.57. The monoisotopic (exact) mass is 525 g/mol. The lowest BCUT2D eigenvalue weighted by Crippen LogP contribution is -2.31. The molecule has 1 aromatic carbocycles. The Bertz CT molecular complexity index is 825. The average molecular weight is 525 g/mol. The highest BCUT2D eigenvalue weighted by molar-refractivity contribution is 14.0. The number of pyridine rings is 1. The number of halogens is 1. The van der Waals surface area contributed by atoms with Crippen molar-refractivity contribution in [1.29, 1.82) is 0 Å². The lowest BCUT2D eigenvalue weighted by atomic mass is 10.1. The molecule has 1 aromatic heterocycles. The molecule has 0 bridgehead atoms. The zero-order valence-electron chi connectivity index (χ0n) is 18.0. The minimum Gasteiger partial charge on any atom is -0.493 e. The number of ether oxygens (including phenoxy) is 2. The first-order valence-corrected chi connectivity index (χ1v) is 10.2. The van der Waals surface area contributed by atoms with Crippen LogP contribution in [0.1, 0.15) is 31.7 Å². The predicted octanol–water partition coefficient (Wildman–Crippen LogP) is 4.28. The third-order valence-electron chi connectivity index (χ3n) is 4.90.